The summed E-state index contributed by atoms with van der Waals surface area (Å²) in [6, 6.07) is 8.63. The van der Waals surface area contributed by atoms with Crippen LogP contribution in [0.2, 0.25) is 0 Å². The summed E-state index contributed by atoms with van der Waals surface area (Å²) in [5, 5.41) is 8.97. The molecule has 1 aromatic carbocycles. The van der Waals surface area contributed by atoms with E-state index in [1.165, 1.54) is 4.90 Å². The number of carboxylic acid groups (broad SMARTS) is 1. The highest BCUT2D eigenvalue weighted by Crippen LogP contribution is 2.31. The first-order valence-electron chi connectivity index (χ1n) is 6.05. The number of rotatable bonds is 2. The van der Waals surface area contributed by atoms with Crippen LogP contribution in [0.25, 0.3) is 5.83 Å². The van der Waals surface area contributed by atoms with Gasteiger partial charge in [0.15, 0.2) is 11.5 Å². The topological polar surface area (TPSA) is 69.8 Å². The predicted octanol–water partition coefficient (Wildman–Crippen LogP) is 1.41. The van der Waals surface area contributed by atoms with Crippen LogP contribution in [0.3, 0.4) is 0 Å². The number of carbonyl (C=O) groups is 1. The molecule has 0 saturated carbocycles. The average Bonchev–Trinajstić information content (AvgIpc) is 2.73. The molecule has 0 aliphatic carbocycles. The second-order valence-corrected chi connectivity index (χ2v) is 4.58. The summed E-state index contributed by atoms with van der Waals surface area (Å²) in [4.78, 5) is 14.1. The summed E-state index contributed by atoms with van der Waals surface area (Å²) in [6.07, 6.45) is 0. The highest BCUT2D eigenvalue weighted by Gasteiger charge is 2.31. The third-order valence-corrected chi connectivity index (χ3v) is 3.22. The fourth-order valence-electron chi connectivity index (χ4n) is 2.24. The molecule has 20 heavy (non-hydrogen) atoms. The number of carboxylic acids is 1. The third-order valence-electron chi connectivity index (χ3n) is 3.22. The Morgan fingerprint density at radius 3 is 2.45 bits per heavy atom. The van der Waals surface area contributed by atoms with E-state index in [0.717, 1.165) is 0 Å². The second kappa shape index (κ2) is 5.24. The van der Waals surface area contributed by atoms with Crippen molar-refractivity contribution in [2.24, 2.45) is 5.73 Å². The lowest BCUT2D eigenvalue weighted by molar-refractivity contribution is -0.132. The van der Waals surface area contributed by atoms with E-state index < -0.39 is 5.97 Å². The number of likely N-dealkylation sites (N-methyl/N-ethyl adjacent to an activating group) is 2. The Kier molecular flexibility index (Phi) is 3.65. The van der Waals surface area contributed by atoms with Crippen molar-refractivity contribution in [3.05, 3.63) is 53.1 Å². The van der Waals surface area contributed by atoms with Crippen molar-refractivity contribution in [2.45, 2.75) is 0 Å². The van der Waals surface area contributed by atoms with Crippen LogP contribution < -0.4 is 5.73 Å². The van der Waals surface area contributed by atoms with Gasteiger partial charge in [-0.15, -0.1) is 0 Å². The molecule has 0 atom stereocenters. The normalized spacial score (nSPS) is 20.1. The van der Waals surface area contributed by atoms with Crippen LogP contribution in [0, 0.1) is 0 Å². The van der Waals surface area contributed by atoms with Crippen molar-refractivity contribution in [1.29, 1.82) is 0 Å². The van der Waals surface area contributed by atoms with E-state index in [1.807, 2.05) is 0 Å². The first-order chi connectivity index (χ1) is 9.43. The van der Waals surface area contributed by atoms with Crippen LogP contribution in [-0.2, 0) is 4.79 Å². The molecule has 0 unspecified atom stereocenters. The molecule has 3 N–H and O–H groups in total. The summed E-state index contributed by atoms with van der Waals surface area (Å²) < 4.78 is 14.5. The van der Waals surface area contributed by atoms with Gasteiger partial charge in [-0.3, -0.25) is 0 Å². The monoisotopic (exact) mass is 277 g/mol. The van der Waals surface area contributed by atoms with Gasteiger partial charge in [0, 0.05) is 19.7 Å². The molecule has 1 aliphatic rings. The number of hydrogen-bond donors (Lipinski definition) is 2. The second-order valence-electron chi connectivity index (χ2n) is 4.58. The van der Waals surface area contributed by atoms with Crippen LogP contribution in [0.5, 0.6) is 0 Å². The number of halogens is 1. The summed E-state index contributed by atoms with van der Waals surface area (Å²) in [5.74, 6) is -1.31. The molecule has 2 rings (SSSR count). The molecule has 1 aromatic rings. The predicted molar refractivity (Wildman–Crippen MR) is 73.7 cm³/mol. The number of hydrogen-bond acceptors (Lipinski definition) is 4. The van der Waals surface area contributed by atoms with Crippen molar-refractivity contribution in [1.82, 2.24) is 9.80 Å². The summed E-state index contributed by atoms with van der Waals surface area (Å²) in [6.45, 7) is 0.264. The molecule has 106 valence electrons. The van der Waals surface area contributed by atoms with Gasteiger partial charge in [-0.05, 0) is 0 Å². The van der Waals surface area contributed by atoms with Gasteiger partial charge in [-0.2, -0.15) is 0 Å². The Morgan fingerprint density at radius 2 is 1.90 bits per heavy atom. The van der Waals surface area contributed by atoms with E-state index in [4.69, 9.17) is 10.8 Å². The highest BCUT2D eigenvalue weighted by molar-refractivity contribution is 5.86. The zero-order valence-electron chi connectivity index (χ0n) is 11.3. The Hall–Kier alpha value is -2.50. The molecule has 1 aliphatic heterocycles. The van der Waals surface area contributed by atoms with E-state index >= 15 is 0 Å². The molecular weight excluding hydrogens is 261 g/mol. The van der Waals surface area contributed by atoms with E-state index in [-0.39, 0.29) is 18.1 Å². The Balaban J connectivity index is 2.47. The first kappa shape index (κ1) is 13.9. The number of nitrogens with two attached hydrogens (primary N) is 1. The lowest BCUT2D eigenvalue weighted by Crippen LogP contribution is -2.25. The standard InChI is InChI=1S/C14H16FN3O2/c1-17-8-10(11(15)9-6-4-3-5-7-9)18(2)13(17)12(16)14(19)20/h3-7H,8,16H2,1-2H3,(H,19,20). The van der Waals surface area contributed by atoms with E-state index in [9.17, 15) is 9.18 Å². The largest absolute Gasteiger partial charge is 0.476 e. The molecule has 0 amide bonds. The zero-order chi connectivity index (χ0) is 14.9. The SMILES string of the molecule is CN1CC(=C(F)c2ccccc2)N(C)C1=C(N)C(=O)O. The molecule has 0 bridgehead atoms. The fourth-order valence-corrected chi connectivity index (χ4v) is 2.24. The summed E-state index contributed by atoms with van der Waals surface area (Å²) in [7, 11) is 3.28. The summed E-state index contributed by atoms with van der Waals surface area (Å²) >= 11 is 0. The van der Waals surface area contributed by atoms with Gasteiger partial charge >= 0.3 is 5.97 Å². The van der Waals surface area contributed by atoms with Gasteiger partial charge in [-0.1, -0.05) is 30.3 Å². The number of aliphatic carboxylic acids is 1. The van der Waals surface area contributed by atoms with E-state index in [2.05, 4.69) is 0 Å². The summed E-state index contributed by atoms with van der Waals surface area (Å²) in [5.41, 5.74) is 6.10. The number of nitrogens with zero attached hydrogens (tertiary/aromatic N) is 2. The van der Waals surface area contributed by atoms with Gasteiger partial charge < -0.3 is 20.6 Å². The van der Waals surface area contributed by atoms with Crippen molar-refractivity contribution in [2.75, 3.05) is 20.6 Å². The van der Waals surface area contributed by atoms with E-state index in [1.54, 1.807) is 49.3 Å². The molecule has 5 nitrogen and oxygen atoms in total. The first-order valence-corrected chi connectivity index (χ1v) is 6.05. The van der Waals surface area contributed by atoms with Crippen molar-refractivity contribution >= 4 is 11.8 Å². The molecule has 0 radical (unpaired) electrons. The molecule has 1 saturated heterocycles. The quantitative estimate of drug-likeness (QED) is 0.800. The minimum atomic E-state index is -1.22. The lowest BCUT2D eigenvalue weighted by Gasteiger charge is -2.19. The van der Waals surface area contributed by atoms with Gasteiger partial charge in [-0.25, -0.2) is 9.18 Å². The minimum Gasteiger partial charge on any atom is -0.476 e. The number of benzene rings is 1. The van der Waals surface area contributed by atoms with Crippen LogP contribution in [0.15, 0.2) is 47.5 Å². The van der Waals surface area contributed by atoms with Crippen molar-refractivity contribution in [3.63, 3.8) is 0 Å². The Morgan fingerprint density at radius 1 is 1.30 bits per heavy atom. The highest BCUT2D eigenvalue weighted by atomic mass is 19.1. The average molecular weight is 277 g/mol. The zero-order valence-corrected chi connectivity index (χ0v) is 11.3. The maximum Gasteiger partial charge on any atom is 0.355 e. The maximum absolute atomic E-state index is 14.5. The minimum absolute atomic E-state index is 0.264. The van der Waals surface area contributed by atoms with E-state index in [0.29, 0.717) is 17.1 Å². The molecule has 0 aromatic heterocycles. The Labute approximate surface area is 116 Å². The third kappa shape index (κ3) is 2.32. The van der Waals surface area contributed by atoms with Gasteiger partial charge in [0.05, 0.1) is 12.2 Å². The maximum atomic E-state index is 14.5. The van der Waals surface area contributed by atoms with Crippen LogP contribution in [0.4, 0.5) is 4.39 Å². The lowest BCUT2D eigenvalue weighted by atomic mass is 10.1. The van der Waals surface area contributed by atoms with Gasteiger partial charge in [0.2, 0.25) is 0 Å². The Bertz CT molecular complexity index is 596. The van der Waals surface area contributed by atoms with Crippen LogP contribution >= 0.6 is 0 Å². The van der Waals surface area contributed by atoms with Crippen molar-refractivity contribution < 1.29 is 14.3 Å². The fraction of sp³-hybridized carbons (Fsp3) is 0.214. The molecule has 1 heterocycles. The van der Waals surface area contributed by atoms with Crippen LogP contribution in [0.1, 0.15) is 5.56 Å². The van der Waals surface area contributed by atoms with Gasteiger partial charge in [0.25, 0.3) is 0 Å². The molecule has 6 heteroatoms. The van der Waals surface area contributed by atoms with Crippen LogP contribution in [-0.4, -0.2) is 41.5 Å². The van der Waals surface area contributed by atoms with Crippen molar-refractivity contribution in [3.8, 4) is 0 Å². The molecule has 1 fully saturated rings. The molecule has 0 spiro atoms. The van der Waals surface area contributed by atoms with Gasteiger partial charge in [0.1, 0.15) is 5.82 Å². The smallest absolute Gasteiger partial charge is 0.355 e. The molecular formula is C14H16FN3O2.